The lowest BCUT2D eigenvalue weighted by Crippen LogP contribution is -2.44. The fourth-order valence-electron chi connectivity index (χ4n) is 3.58. The molecule has 0 spiro atoms. The summed E-state index contributed by atoms with van der Waals surface area (Å²) in [5.41, 5.74) is 2.33. The lowest BCUT2D eigenvalue weighted by Gasteiger charge is -2.33. The summed E-state index contributed by atoms with van der Waals surface area (Å²) in [5.74, 6) is 2.85. The monoisotopic (exact) mass is 424 g/mol. The summed E-state index contributed by atoms with van der Waals surface area (Å²) in [5, 5.41) is 3.39. The zero-order valence-electron chi connectivity index (χ0n) is 19.3. The van der Waals surface area contributed by atoms with Crippen LogP contribution in [0.15, 0.2) is 47.6 Å². The second-order valence-electron chi connectivity index (χ2n) is 7.92. The normalized spacial score (nSPS) is 15.1. The first-order chi connectivity index (χ1) is 15.1. The van der Waals surface area contributed by atoms with Crippen LogP contribution in [-0.2, 0) is 13.1 Å². The number of nitrogens with zero attached hydrogens (tertiary/aromatic N) is 5. The number of aliphatic imine (C=N–C) groups is 1. The van der Waals surface area contributed by atoms with Crippen molar-refractivity contribution in [3.63, 3.8) is 0 Å². The molecule has 1 saturated heterocycles. The summed E-state index contributed by atoms with van der Waals surface area (Å²) in [7, 11) is 4.23. The molecule has 0 unspecified atom stereocenters. The molecule has 0 saturated carbocycles. The molecule has 2 heterocycles. The molecule has 0 bridgehead atoms. The van der Waals surface area contributed by atoms with Crippen LogP contribution in [-0.4, -0.2) is 74.2 Å². The van der Waals surface area contributed by atoms with Crippen LogP contribution in [0, 0.1) is 0 Å². The van der Waals surface area contributed by atoms with Crippen LogP contribution in [0.3, 0.4) is 0 Å². The van der Waals surface area contributed by atoms with Crippen LogP contribution in [0.25, 0.3) is 0 Å². The van der Waals surface area contributed by atoms with Gasteiger partial charge in [-0.1, -0.05) is 18.2 Å². The minimum absolute atomic E-state index is 0.603. The van der Waals surface area contributed by atoms with E-state index in [1.165, 1.54) is 5.56 Å². The predicted octanol–water partition coefficient (Wildman–Crippen LogP) is 2.83. The number of benzene rings is 1. The van der Waals surface area contributed by atoms with Gasteiger partial charge in [0.25, 0.3) is 0 Å². The molecule has 1 aromatic carbocycles. The van der Waals surface area contributed by atoms with Crippen molar-refractivity contribution in [1.29, 1.82) is 0 Å². The minimum atomic E-state index is 0.603. The first-order valence-corrected chi connectivity index (χ1v) is 11.2. The highest BCUT2D eigenvalue weighted by molar-refractivity contribution is 5.79. The Hall–Kier alpha value is -2.80. The summed E-state index contributed by atoms with van der Waals surface area (Å²) in [6.45, 7) is 11.2. The highest BCUT2D eigenvalue weighted by atomic mass is 16.5. The molecule has 31 heavy (non-hydrogen) atoms. The number of hydrogen-bond donors (Lipinski definition) is 1. The molecule has 3 rings (SSSR count). The molecule has 7 heteroatoms. The lowest BCUT2D eigenvalue weighted by molar-refractivity contribution is 0.312. The fraction of sp³-hybridized carbons (Fsp3) is 0.500. The van der Waals surface area contributed by atoms with Crippen LogP contribution in [0.2, 0.25) is 0 Å². The maximum atomic E-state index is 5.53. The van der Waals surface area contributed by atoms with Gasteiger partial charge in [0.15, 0.2) is 5.96 Å². The number of hydrogen-bond acceptors (Lipinski definition) is 5. The zero-order valence-corrected chi connectivity index (χ0v) is 19.3. The molecule has 0 aliphatic carbocycles. The molecule has 1 aliphatic heterocycles. The predicted molar refractivity (Wildman–Crippen MR) is 128 cm³/mol. The van der Waals surface area contributed by atoms with Crippen molar-refractivity contribution in [2.45, 2.75) is 26.9 Å². The van der Waals surface area contributed by atoms with Crippen molar-refractivity contribution >= 4 is 11.8 Å². The van der Waals surface area contributed by atoms with Crippen LogP contribution in [0.5, 0.6) is 5.75 Å². The van der Waals surface area contributed by atoms with Gasteiger partial charge in [-0.2, -0.15) is 0 Å². The van der Waals surface area contributed by atoms with E-state index in [4.69, 9.17) is 9.73 Å². The van der Waals surface area contributed by atoms with Crippen molar-refractivity contribution in [3.05, 3.63) is 53.7 Å². The number of ether oxygens (including phenoxy) is 1. The highest BCUT2D eigenvalue weighted by Crippen LogP contribution is 2.15. The Morgan fingerprint density at radius 2 is 1.77 bits per heavy atom. The molecule has 2 aromatic rings. The van der Waals surface area contributed by atoms with Crippen LogP contribution < -0.4 is 15.0 Å². The average Bonchev–Trinajstić information content (AvgIpc) is 2.79. The second kappa shape index (κ2) is 11.6. The summed E-state index contributed by atoms with van der Waals surface area (Å²) >= 11 is 0. The van der Waals surface area contributed by atoms with E-state index < -0.39 is 0 Å². The van der Waals surface area contributed by atoms with E-state index >= 15 is 0 Å². The van der Waals surface area contributed by atoms with Crippen molar-refractivity contribution in [3.8, 4) is 5.75 Å². The number of nitrogens with one attached hydrogen (secondary N) is 1. The third kappa shape index (κ3) is 6.85. The van der Waals surface area contributed by atoms with Gasteiger partial charge in [0.2, 0.25) is 0 Å². The van der Waals surface area contributed by atoms with Gasteiger partial charge in [-0.3, -0.25) is 0 Å². The number of likely N-dealkylation sites (N-methyl/N-ethyl adjacent to an activating group) is 1. The summed E-state index contributed by atoms with van der Waals surface area (Å²) < 4.78 is 5.53. The fourth-order valence-corrected chi connectivity index (χ4v) is 3.58. The van der Waals surface area contributed by atoms with E-state index in [-0.39, 0.29) is 0 Å². The van der Waals surface area contributed by atoms with Crippen molar-refractivity contribution in [1.82, 2.24) is 20.1 Å². The molecule has 1 fully saturated rings. The molecule has 0 atom stereocenters. The SMILES string of the molecule is CCNC(=NCc1ccc(N2CCN(C)CC2)nc1)N(C)Cc1ccc(OCC)cc1. The molecule has 7 nitrogen and oxygen atoms in total. The number of piperazine rings is 1. The average molecular weight is 425 g/mol. The second-order valence-corrected chi connectivity index (χ2v) is 7.92. The molecule has 1 aromatic heterocycles. The van der Waals surface area contributed by atoms with Gasteiger partial charge >= 0.3 is 0 Å². The highest BCUT2D eigenvalue weighted by Gasteiger charge is 2.15. The Morgan fingerprint density at radius 3 is 2.39 bits per heavy atom. The van der Waals surface area contributed by atoms with E-state index in [1.54, 1.807) is 0 Å². The van der Waals surface area contributed by atoms with E-state index in [0.29, 0.717) is 13.2 Å². The Labute approximate surface area is 186 Å². The first-order valence-electron chi connectivity index (χ1n) is 11.2. The van der Waals surface area contributed by atoms with Crippen molar-refractivity contribution in [2.24, 2.45) is 4.99 Å². The van der Waals surface area contributed by atoms with E-state index in [0.717, 1.165) is 62.4 Å². The maximum absolute atomic E-state index is 5.53. The third-order valence-corrected chi connectivity index (χ3v) is 5.40. The van der Waals surface area contributed by atoms with Gasteiger partial charge in [0.1, 0.15) is 11.6 Å². The maximum Gasteiger partial charge on any atom is 0.194 e. The topological polar surface area (TPSA) is 56.2 Å². The Balaban J connectivity index is 1.59. The van der Waals surface area contributed by atoms with Gasteiger partial charge in [-0.25, -0.2) is 9.98 Å². The zero-order chi connectivity index (χ0) is 22.1. The van der Waals surface area contributed by atoms with Gasteiger partial charge in [0.05, 0.1) is 13.2 Å². The molecule has 0 amide bonds. The summed E-state index contributed by atoms with van der Waals surface area (Å²) in [6.07, 6.45) is 1.95. The molecular formula is C24H36N6O. The number of pyridine rings is 1. The van der Waals surface area contributed by atoms with Crippen molar-refractivity contribution in [2.75, 3.05) is 58.3 Å². The number of guanidine groups is 1. The van der Waals surface area contributed by atoms with Crippen LogP contribution in [0.4, 0.5) is 5.82 Å². The Morgan fingerprint density at radius 1 is 1.06 bits per heavy atom. The van der Waals surface area contributed by atoms with Crippen LogP contribution in [0.1, 0.15) is 25.0 Å². The van der Waals surface area contributed by atoms with Gasteiger partial charge in [0, 0.05) is 52.5 Å². The van der Waals surface area contributed by atoms with Crippen LogP contribution >= 0.6 is 0 Å². The Kier molecular flexibility index (Phi) is 8.53. The lowest BCUT2D eigenvalue weighted by atomic mass is 10.2. The van der Waals surface area contributed by atoms with E-state index in [1.807, 2.05) is 25.3 Å². The van der Waals surface area contributed by atoms with Gasteiger partial charge < -0.3 is 24.8 Å². The Bertz CT molecular complexity index is 813. The van der Waals surface area contributed by atoms with Gasteiger partial charge in [-0.15, -0.1) is 0 Å². The molecule has 1 N–H and O–H groups in total. The van der Waals surface area contributed by atoms with E-state index in [9.17, 15) is 0 Å². The summed E-state index contributed by atoms with van der Waals surface area (Å²) in [6, 6.07) is 12.5. The molecular weight excluding hydrogens is 388 g/mol. The first kappa shape index (κ1) is 22.9. The largest absolute Gasteiger partial charge is 0.494 e. The molecule has 0 radical (unpaired) electrons. The molecule has 168 valence electrons. The summed E-state index contributed by atoms with van der Waals surface area (Å²) in [4.78, 5) is 16.4. The standard InChI is InChI=1S/C24H36N6O/c1-5-25-24(29(4)19-20-7-10-22(11-8-20)31-6-2)27-18-21-9-12-23(26-17-21)30-15-13-28(3)14-16-30/h7-12,17H,5-6,13-16,18-19H2,1-4H3,(H,25,27). The number of aromatic nitrogens is 1. The quantitative estimate of drug-likeness (QED) is 0.520. The smallest absolute Gasteiger partial charge is 0.194 e. The third-order valence-electron chi connectivity index (χ3n) is 5.40. The van der Waals surface area contributed by atoms with E-state index in [2.05, 4.69) is 70.3 Å². The number of anilines is 1. The molecule has 1 aliphatic rings. The minimum Gasteiger partial charge on any atom is -0.494 e. The number of rotatable bonds is 8. The van der Waals surface area contributed by atoms with Gasteiger partial charge in [-0.05, 0) is 50.2 Å². The van der Waals surface area contributed by atoms with Crippen molar-refractivity contribution < 1.29 is 4.74 Å².